The lowest BCUT2D eigenvalue weighted by Gasteiger charge is -2.18. The molecule has 0 atom stereocenters. The molecular formula is C11H15N3OS3. The van der Waals surface area contributed by atoms with E-state index in [1.807, 2.05) is 6.26 Å². The van der Waals surface area contributed by atoms with Crippen LogP contribution in [0.5, 0.6) is 0 Å². The summed E-state index contributed by atoms with van der Waals surface area (Å²) in [5, 5.41) is 7.99. The van der Waals surface area contributed by atoms with Crippen LogP contribution in [-0.2, 0) is 4.79 Å². The predicted molar refractivity (Wildman–Crippen MR) is 79.4 cm³/mol. The van der Waals surface area contributed by atoms with E-state index in [-0.39, 0.29) is 5.91 Å². The number of aromatic nitrogens is 2. The van der Waals surface area contributed by atoms with Gasteiger partial charge in [-0.15, -0.1) is 23.4 Å². The molecule has 0 unspecified atom stereocenters. The van der Waals surface area contributed by atoms with Crippen molar-refractivity contribution < 1.29 is 4.79 Å². The second-order valence-corrected chi connectivity index (χ2v) is 6.46. The van der Waals surface area contributed by atoms with Crippen molar-refractivity contribution in [3.05, 3.63) is 25.3 Å². The maximum absolute atomic E-state index is 11.9. The van der Waals surface area contributed by atoms with Gasteiger partial charge in [0.1, 0.15) is 0 Å². The number of carbonyl (C=O) groups is 1. The van der Waals surface area contributed by atoms with E-state index in [4.69, 9.17) is 0 Å². The maximum atomic E-state index is 11.9. The maximum Gasteiger partial charge on any atom is 0.233 e. The Balaban J connectivity index is 2.47. The summed E-state index contributed by atoms with van der Waals surface area (Å²) in [7, 11) is 0. The van der Waals surface area contributed by atoms with E-state index < -0.39 is 0 Å². The Morgan fingerprint density at radius 2 is 1.94 bits per heavy atom. The minimum absolute atomic E-state index is 0.0562. The Morgan fingerprint density at radius 3 is 2.44 bits per heavy atom. The predicted octanol–water partition coefficient (Wildman–Crippen LogP) is 2.55. The largest absolute Gasteiger partial charge is 0.335 e. The highest BCUT2D eigenvalue weighted by Gasteiger charge is 2.12. The Labute approximate surface area is 120 Å². The second kappa shape index (κ2) is 8.34. The highest BCUT2D eigenvalue weighted by atomic mass is 32.2. The molecule has 0 spiro atoms. The molecule has 0 saturated carbocycles. The molecule has 1 aromatic rings. The summed E-state index contributed by atoms with van der Waals surface area (Å²) in [6.07, 6.45) is 5.38. The first-order valence-electron chi connectivity index (χ1n) is 5.21. The van der Waals surface area contributed by atoms with Gasteiger partial charge in [-0.2, -0.15) is 0 Å². The first-order chi connectivity index (χ1) is 8.71. The minimum Gasteiger partial charge on any atom is -0.335 e. The molecule has 1 aromatic heterocycles. The molecule has 1 rings (SSSR count). The van der Waals surface area contributed by atoms with E-state index in [1.54, 1.807) is 28.8 Å². The molecule has 0 saturated heterocycles. The van der Waals surface area contributed by atoms with E-state index in [0.717, 1.165) is 8.68 Å². The topological polar surface area (TPSA) is 46.1 Å². The summed E-state index contributed by atoms with van der Waals surface area (Å²) in [6.45, 7) is 8.36. The fourth-order valence-electron chi connectivity index (χ4n) is 1.14. The molecule has 0 bridgehead atoms. The molecule has 0 aliphatic rings. The van der Waals surface area contributed by atoms with Crippen molar-refractivity contribution in [3.8, 4) is 0 Å². The fourth-order valence-corrected chi connectivity index (χ4v) is 3.48. The van der Waals surface area contributed by atoms with Gasteiger partial charge in [0, 0.05) is 13.1 Å². The van der Waals surface area contributed by atoms with Crippen molar-refractivity contribution in [2.24, 2.45) is 0 Å². The van der Waals surface area contributed by atoms with Gasteiger partial charge in [-0.05, 0) is 6.26 Å². The molecule has 18 heavy (non-hydrogen) atoms. The molecule has 0 aromatic carbocycles. The first-order valence-corrected chi connectivity index (χ1v) is 8.23. The number of rotatable bonds is 8. The van der Waals surface area contributed by atoms with Crippen LogP contribution in [0, 0.1) is 0 Å². The highest BCUT2D eigenvalue weighted by Crippen LogP contribution is 2.27. The lowest BCUT2D eigenvalue weighted by atomic mass is 10.4. The second-order valence-electron chi connectivity index (χ2n) is 3.20. The monoisotopic (exact) mass is 301 g/mol. The number of carbonyl (C=O) groups excluding carboxylic acids is 1. The van der Waals surface area contributed by atoms with E-state index >= 15 is 0 Å². The number of hydrogen-bond acceptors (Lipinski definition) is 6. The number of thioether (sulfide) groups is 2. The average Bonchev–Trinajstić information content (AvgIpc) is 2.83. The van der Waals surface area contributed by atoms with Crippen molar-refractivity contribution in [1.29, 1.82) is 0 Å². The van der Waals surface area contributed by atoms with Crippen molar-refractivity contribution >= 4 is 40.8 Å². The first kappa shape index (κ1) is 15.3. The summed E-state index contributed by atoms with van der Waals surface area (Å²) in [5.41, 5.74) is 0. The lowest BCUT2D eigenvalue weighted by molar-refractivity contribution is -0.127. The van der Waals surface area contributed by atoms with E-state index in [2.05, 4.69) is 23.4 Å². The van der Waals surface area contributed by atoms with Gasteiger partial charge in [0.05, 0.1) is 5.75 Å². The Kier molecular flexibility index (Phi) is 7.07. The van der Waals surface area contributed by atoms with Gasteiger partial charge in [-0.25, -0.2) is 0 Å². The average molecular weight is 301 g/mol. The summed E-state index contributed by atoms with van der Waals surface area (Å²) >= 11 is 4.48. The molecule has 0 aliphatic heterocycles. The SMILES string of the molecule is C=CCN(CC=C)C(=O)CSc1nnc(SC)s1. The van der Waals surface area contributed by atoms with Gasteiger partial charge in [0.2, 0.25) is 5.91 Å². The van der Waals surface area contributed by atoms with Crippen molar-refractivity contribution in [2.75, 3.05) is 25.1 Å². The van der Waals surface area contributed by atoms with Crippen LogP contribution in [0.4, 0.5) is 0 Å². The molecule has 1 heterocycles. The van der Waals surface area contributed by atoms with Crippen molar-refractivity contribution in [3.63, 3.8) is 0 Å². The fraction of sp³-hybridized carbons (Fsp3) is 0.364. The zero-order chi connectivity index (χ0) is 13.4. The van der Waals surface area contributed by atoms with Crippen LogP contribution >= 0.6 is 34.9 Å². The summed E-state index contributed by atoms with van der Waals surface area (Å²) in [4.78, 5) is 13.6. The van der Waals surface area contributed by atoms with E-state index in [0.29, 0.717) is 18.8 Å². The third kappa shape index (κ3) is 4.83. The molecule has 0 radical (unpaired) electrons. The molecule has 1 amide bonds. The Hall–Kier alpha value is -0.790. The molecule has 98 valence electrons. The zero-order valence-electron chi connectivity index (χ0n) is 10.2. The van der Waals surface area contributed by atoms with Gasteiger partial charge in [-0.3, -0.25) is 4.79 Å². The van der Waals surface area contributed by atoms with Crippen LogP contribution in [0.1, 0.15) is 0 Å². The van der Waals surface area contributed by atoms with Crippen molar-refractivity contribution in [2.45, 2.75) is 8.68 Å². The van der Waals surface area contributed by atoms with E-state index in [9.17, 15) is 4.79 Å². The van der Waals surface area contributed by atoms with Crippen LogP contribution in [0.25, 0.3) is 0 Å². The molecule has 0 N–H and O–H groups in total. The Bertz CT molecular complexity index is 409. The molecule has 0 fully saturated rings. The number of hydrogen-bond donors (Lipinski definition) is 0. The molecule has 7 heteroatoms. The third-order valence-electron chi connectivity index (χ3n) is 1.93. The van der Waals surface area contributed by atoms with Gasteiger partial charge < -0.3 is 4.90 Å². The number of amides is 1. The quantitative estimate of drug-likeness (QED) is 0.545. The molecule has 0 aliphatic carbocycles. The van der Waals surface area contributed by atoms with Crippen LogP contribution in [-0.4, -0.2) is 46.1 Å². The summed E-state index contributed by atoms with van der Waals surface area (Å²) < 4.78 is 1.74. The van der Waals surface area contributed by atoms with Crippen LogP contribution in [0.2, 0.25) is 0 Å². The van der Waals surface area contributed by atoms with Gasteiger partial charge in [-0.1, -0.05) is 47.0 Å². The normalized spacial score (nSPS) is 10.1. The van der Waals surface area contributed by atoms with Gasteiger partial charge in [0.25, 0.3) is 0 Å². The van der Waals surface area contributed by atoms with E-state index in [1.165, 1.54) is 23.1 Å². The van der Waals surface area contributed by atoms with Crippen LogP contribution in [0.3, 0.4) is 0 Å². The summed E-state index contributed by atoms with van der Waals surface area (Å²) in [6, 6.07) is 0. The zero-order valence-corrected chi connectivity index (χ0v) is 12.6. The van der Waals surface area contributed by atoms with Crippen molar-refractivity contribution in [1.82, 2.24) is 15.1 Å². The van der Waals surface area contributed by atoms with Crippen LogP contribution in [0.15, 0.2) is 34.0 Å². The van der Waals surface area contributed by atoms with Gasteiger partial charge >= 0.3 is 0 Å². The highest BCUT2D eigenvalue weighted by molar-refractivity contribution is 8.03. The smallest absolute Gasteiger partial charge is 0.233 e. The van der Waals surface area contributed by atoms with Gasteiger partial charge in [0.15, 0.2) is 8.68 Å². The lowest BCUT2D eigenvalue weighted by Crippen LogP contribution is -2.32. The van der Waals surface area contributed by atoms with Crippen LogP contribution < -0.4 is 0 Å². The molecular weight excluding hydrogens is 286 g/mol. The third-order valence-corrected chi connectivity index (χ3v) is 4.95. The summed E-state index contributed by atoms with van der Waals surface area (Å²) in [5.74, 6) is 0.422. The minimum atomic E-state index is 0.0562. The number of nitrogens with zero attached hydrogens (tertiary/aromatic N) is 3. The standard InChI is InChI=1S/C11H15N3OS3/c1-4-6-14(7-5-2)9(15)8-17-11-13-12-10(16-3)18-11/h4-5H,1-2,6-8H2,3H3. The Morgan fingerprint density at radius 1 is 1.33 bits per heavy atom. The molecule has 4 nitrogen and oxygen atoms in total.